The molecule has 1 N–H and O–H groups in total. The summed E-state index contributed by atoms with van der Waals surface area (Å²) in [6, 6.07) is 12.4. The van der Waals surface area contributed by atoms with E-state index in [0.29, 0.717) is 22.9 Å². The zero-order valence-corrected chi connectivity index (χ0v) is 17.2. The molecule has 29 heavy (non-hydrogen) atoms. The molecule has 2 atom stereocenters. The van der Waals surface area contributed by atoms with E-state index in [-0.39, 0.29) is 24.3 Å². The summed E-state index contributed by atoms with van der Waals surface area (Å²) in [5.74, 6) is 1.71. The van der Waals surface area contributed by atoms with Crippen LogP contribution in [0, 0.1) is 0 Å². The number of amides is 2. The fraction of sp³-hybridized carbons (Fsp3) is 0.364. The monoisotopic (exact) mass is 399 g/mol. The third-order valence-electron chi connectivity index (χ3n) is 5.33. The van der Waals surface area contributed by atoms with Crippen molar-refractivity contribution in [2.24, 2.45) is 0 Å². The highest BCUT2D eigenvalue weighted by Gasteiger charge is 2.44. The summed E-state index contributed by atoms with van der Waals surface area (Å²) in [6.07, 6.45) is 0.968. The van der Waals surface area contributed by atoms with Gasteiger partial charge in [0, 0.05) is 6.42 Å². The number of nitrogens with zero attached hydrogens (tertiary/aromatic N) is 1. The standard InChI is InChI=1S/C22H26N2O5/c1-23(12-11-15-5-10-19(28-3)20(13-15)29-4)18-14-21(25)24(22(18)26)16-6-8-17(27-2)9-7-16/h5-10,13,18H,11-12,14H2,1-4H3/p+1/t18-/m0/s1. The Morgan fingerprint density at radius 1 is 0.966 bits per heavy atom. The SMILES string of the molecule is COc1ccc(N2C(=O)C[C@H]([NH+](C)CCc3ccc(OC)c(OC)c3)C2=O)cc1. The number of methoxy groups -OCH3 is 3. The number of quaternary nitrogens is 1. The number of rotatable bonds is 8. The minimum absolute atomic E-state index is 0.162. The first-order chi connectivity index (χ1) is 14.0. The van der Waals surface area contributed by atoms with Gasteiger partial charge in [-0.25, -0.2) is 4.90 Å². The molecular formula is C22H27N2O5+. The number of hydrogen-bond acceptors (Lipinski definition) is 5. The summed E-state index contributed by atoms with van der Waals surface area (Å²) >= 11 is 0. The van der Waals surface area contributed by atoms with Crippen LogP contribution in [-0.4, -0.2) is 52.8 Å². The highest BCUT2D eigenvalue weighted by atomic mass is 16.5. The number of likely N-dealkylation sites (N-methyl/N-ethyl adjacent to an activating group) is 1. The molecular weight excluding hydrogens is 372 g/mol. The van der Waals surface area contributed by atoms with Crippen molar-refractivity contribution in [3.8, 4) is 17.2 Å². The van der Waals surface area contributed by atoms with Gasteiger partial charge in [0.05, 0.1) is 47.0 Å². The van der Waals surface area contributed by atoms with Crippen LogP contribution in [0.1, 0.15) is 12.0 Å². The van der Waals surface area contributed by atoms with Gasteiger partial charge in [0.1, 0.15) is 5.75 Å². The molecule has 3 rings (SSSR count). The predicted molar refractivity (Wildman–Crippen MR) is 109 cm³/mol. The minimum atomic E-state index is -0.384. The molecule has 2 amide bonds. The summed E-state index contributed by atoms with van der Waals surface area (Å²) < 4.78 is 15.8. The summed E-state index contributed by atoms with van der Waals surface area (Å²) in [5, 5.41) is 0. The Balaban J connectivity index is 1.66. The van der Waals surface area contributed by atoms with E-state index in [0.717, 1.165) is 23.4 Å². The maximum atomic E-state index is 12.9. The molecule has 154 valence electrons. The van der Waals surface area contributed by atoms with Crippen LogP contribution in [-0.2, 0) is 16.0 Å². The van der Waals surface area contributed by atoms with Crippen LogP contribution < -0.4 is 24.0 Å². The molecule has 1 unspecified atom stereocenters. The molecule has 0 spiro atoms. The zero-order chi connectivity index (χ0) is 21.0. The number of carbonyl (C=O) groups excluding carboxylic acids is 2. The van der Waals surface area contributed by atoms with Crippen LogP contribution in [0.4, 0.5) is 5.69 Å². The first-order valence-corrected chi connectivity index (χ1v) is 9.52. The highest BCUT2D eigenvalue weighted by molar-refractivity contribution is 6.21. The Bertz CT molecular complexity index is 881. The number of anilines is 1. The normalized spacial score (nSPS) is 17.4. The maximum absolute atomic E-state index is 12.9. The summed E-state index contributed by atoms with van der Waals surface area (Å²) in [4.78, 5) is 27.7. The molecule has 0 aliphatic carbocycles. The molecule has 7 heteroatoms. The second kappa shape index (κ2) is 8.96. The number of nitrogens with one attached hydrogen (secondary N) is 1. The van der Waals surface area contributed by atoms with E-state index in [9.17, 15) is 9.59 Å². The van der Waals surface area contributed by atoms with Crippen LogP contribution in [0.2, 0.25) is 0 Å². The number of imide groups is 1. The average molecular weight is 399 g/mol. The molecule has 0 saturated carbocycles. The zero-order valence-electron chi connectivity index (χ0n) is 17.2. The lowest BCUT2D eigenvalue weighted by atomic mass is 10.1. The smallest absolute Gasteiger partial charge is 0.292 e. The van der Waals surface area contributed by atoms with E-state index in [2.05, 4.69) is 0 Å². The van der Waals surface area contributed by atoms with Crippen molar-refractivity contribution in [3.63, 3.8) is 0 Å². The van der Waals surface area contributed by atoms with Gasteiger partial charge in [0.2, 0.25) is 5.91 Å². The van der Waals surface area contributed by atoms with Crippen LogP contribution in [0.25, 0.3) is 0 Å². The molecule has 1 heterocycles. The fourth-order valence-corrected chi connectivity index (χ4v) is 3.57. The van der Waals surface area contributed by atoms with Crippen molar-refractivity contribution in [1.29, 1.82) is 0 Å². The number of ether oxygens (including phenoxy) is 3. The number of hydrogen-bond donors (Lipinski definition) is 1. The topological polar surface area (TPSA) is 69.5 Å². The first kappa shape index (κ1) is 20.7. The van der Waals surface area contributed by atoms with Crippen molar-refractivity contribution < 1.29 is 28.7 Å². The predicted octanol–water partition coefficient (Wildman–Crippen LogP) is 1.10. The van der Waals surface area contributed by atoms with Gasteiger partial charge in [-0.2, -0.15) is 0 Å². The van der Waals surface area contributed by atoms with E-state index in [1.807, 2.05) is 25.2 Å². The first-order valence-electron chi connectivity index (χ1n) is 9.52. The molecule has 1 fully saturated rings. The van der Waals surface area contributed by atoms with Gasteiger partial charge < -0.3 is 19.1 Å². The lowest BCUT2D eigenvalue weighted by Gasteiger charge is -2.20. The Hall–Kier alpha value is -3.06. The van der Waals surface area contributed by atoms with E-state index in [4.69, 9.17) is 14.2 Å². The Labute approximate surface area is 170 Å². The van der Waals surface area contributed by atoms with Crippen LogP contribution in [0.3, 0.4) is 0 Å². The van der Waals surface area contributed by atoms with Gasteiger partial charge in [-0.05, 0) is 42.0 Å². The average Bonchev–Trinajstić information content (AvgIpc) is 3.05. The summed E-state index contributed by atoms with van der Waals surface area (Å²) in [7, 11) is 6.74. The van der Waals surface area contributed by atoms with Gasteiger partial charge in [0.25, 0.3) is 5.91 Å². The molecule has 0 aromatic heterocycles. The van der Waals surface area contributed by atoms with E-state index < -0.39 is 0 Å². The van der Waals surface area contributed by atoms with E-state index in [1.54, 1.807) is 45.6 Å². The van der Waals surface area contributed by atoms with Crippen LogP contribution in [0.5, 0.6) is 17.2 Å². The van der Waals surface area contributed by atoms with Crippen molar-refractivity contribution in [3.05, 3.63) is 48.0 Å². The van der Waals surface area contributed by atoms with E-state index in [1.165, 1.54) is 4.90 Å². The third-order valence-corrected chi connectivity index (χ3v) is 5.33. The molecule has 2 aromatic rings. The Morgan fingerprint density at radius 3 is 2.28 bits per heavy atom. The molecule has 1 aliphatic heterocycles. The van der Waals surface area contributed by atoms with E-state index >= 15 is 0 Å². The lowest BCUT2D eigenvalue weighted by Crippen LogP contribution is -3.14. The quantitative estimate of drug-likeness (QED) is 0.674. The van der Waals surface area contributed by atoms with Crippen LogP contribution >= 0.6 is 0 Å². The lowest BCUT2D eigenvalue weighted by molar-refractivity contribution is -0.894. The largest absolute Gasteiger partial charge is 0.497 e. The number of benzene rings is 2. The van der Waals surface area contributed by atoms with Gasteiger partial charge >= 0.3 is 0 Å². The summed E-state index contributed by atoms with van der Waals surface area (Å²) in [5.41, 5.74) is 1.67. The number of carbonyl (C=O) groups is 2. The third kappa shape index (κ3) is 4.35. The molecule has 0 radical (unpaired) electrons. The molecule has 0 bridgehead atoms. The second-order valence-corrected chi connectivity index (χ2v) is 7.06. The Kier molecular flexibility index (Phi) is 6.39. The van der Waals surface area contributed by atoms with Gasteiger partial charge in [-0.3, -0.25) is 9.59 Å². The maximum Gasteiger partial charge on any atom is 0.292 e. The van der Waals surface area contributed by atoms with Crippen molar-refractivity contribution >= 4 is 17.5 Å². The van der Waals surface area contributed by atoms with Crippen molar-refractivity contribution in [2.75, 3.05) is 39.8 Å². The van der Waals surface area contributed by atoms with Crippen molar-refractivity contribution in [2.45, 2.75) is 18.9 Å². The molecule has 7 nitrogen and oxygen atoms in total. The van der Waals surface area contributed by atoms with Gasteiger partial charge in [0.15, 0.2) is 17.5 Å². The molecule has 1 saturated heterocycles. The molecule has 2 aromatic carbocycles. The minimum Gasteiger partial charge on any atom is -0.497 e. The van der Waals surface area contributed by atoms with Gasteiger partial charge in [-0.1, -0.05) is 6.07 Å². The molecule has 1 aliphatic rings. The van der Waals surface area contributed by atoms with Gasteiger partial charge in [-0.15, -0.1) is 0 Å². The fourth-order valence-electron chi connectivity index (χ4n) is 3.57. The van der Waals surface area contributed by atoms with Crippen molar-refractivity contribution in [1.82, 2.24) is 0 Å². The second-order valence-electron chi connectivity index (χ2n) is 7.06. The Morgan fingerprint density at radius 2 is 1.66 bits per heavy atom. The highest BCUT2D eigenvalue weighted by Crippen LogP contribution is 2.28. The summed E-state index contributed by atoms with van der Waals surface area (Å²) in [6.45, 7) is 0.718. The van der Waals surface area contributed by atoms with Crippen LogP contribution in [0.15, 0.2) is 42.5 Å².